The van der Waals surface area contributed by atoms with Crippen molar-refractivity contribution in [1.29, 1.82) is 0 Å². The molecule has 1 aromatic rings. The van der Waals surface area contributed by atoms with E-state index in [9.17, 15) is 2.96 Å². The fraction of sp³-hybridized carbons (Fsp3) is 0.200. The van der Waals surface area contributed by atoms with Crippen LogP contribution >= 0.6 is 17.0 Å². The van der Waals surface area contributed by atoms with Crippen LogP contribution in [-0.2, 0) is 0 Å². The average Bonchev–Trinajstić information content (AvgIpc) is 2.05. The highest BCUT2D eigenvalue weighted by Crippen LogP contribution is 2.03. The number of rotatable bonds is 2. The fourth-order valence-electron chi connectivity index (χ4n) is 1.04. The summed E-state index contributed by atoms with van der Waals surface area (Å²) in [4.78, 5) is 0. The van der Waals surface area contributed by atoms with Crippen molar-refractivity contribution in [2.45, 2.75) is 13.8 Å². The van der Waals surface area contributed by atoms with Crippen LogP contribution in [0.5, 0.6) is 0 Å². The Labute approximate surface area is 99.5 Å². The van der Waals surface area contributed by atoms with Crippen molar-refractivity contribution in [3.63, 3.8) is 0 Å². The predicted octanol–water partition coefficient (Wildman–Crippen LogP) is 2.90. The van der Waals surface area contributed by atoms with Gasteiger partial charge in [-0.15, -0.1) is 20.7 Å². The maximum atomic E-state index is 12.2. The van der Waals surface area contributed by atoms with Crippen molar-refractivity contribution in [3.8, 4) is 0 Å². The smallest absolute Gasteiger partial charge is 0.475 e. The van der Waals surface area contributed by atoms with Crippen LogP contribution < -0.4 is 3.69 Å². The molecule has 0 amide bonds. The molecule has 0 fully saturated rings. The van der Waals surface area contributed by atoms with Crippen LogP contribution in [0.15, 0.2) is 29.8 Å². The summed E-state index contributed by atoms with van der Waals surface area (Å²) >= 11 is -1.47. The molecule has 0 radical (unpaired) electrons. The van der Waals surface area contributed by atoms with Gasteiger partial charge in [0, 0.05) is 0 Å². The molecule has 0 bridgehead atoms. The minimum absolute atomic E-state index is 0. The van der Waals surface area contributed by atoms with Gasteiger partial charge in [0.2, 0.25) is 0 Å². The number of hydrogen-bond donors (Lipinski definition) is 0. The van der Waals surface area contributed by atoms with Crippen LogP contribution in [0.4, 0.5) is 2.96 Å². The van der Waals surface area contributed by atoms with E-state index in [1.807, 2.05) is 24.3 Å². The van der Waals surface area contributed by atoms with E-state index in [-0.39, 0.29) is 17.0 Å². The van der Waals surface area contributed by atoms with Crippen molar-refractivity contribution in [2.75, 3.05) is 0 Å². The highest BCUT2D eigenvalue weighted by molar-refractivity contribution is 8.93. The molecule has 0 nitrogen and oxygen atoms in total. The second-order valence-corrected chi connectivity index (χ2v) is 4.18. The first-order valence-electron chi connectivity index (χ1n) is 4.02. The van der Waals surface area contributed by atoms with E-state index in [0.717, 1.165) is 9.26 Å². The molecule has 13 heavy (non-hydrogen) atoms. The maximum absolute atomic E-state index is 12.2. The molecule has 0 aliphatic carbocycles. The summed E-state index contributed by atoms with van der Waals surface area (Å²) in [6.07, 6.45) is 2.09. The minimum Gasteiger partial charge on any atom is -0.475 e. The molecule has 0 aromatic heterocycles. The molecule has 0 saturated heterocycles. The summed E-state index contributed by atoms with van der Waals surface area (Å²) in [6.45, 7) is 4.11. The molecule has 0 N–H and O–H groups in total. The zero-order valence-electron chi connectivity index (χ0n) is 7.88. The van der Waals surface area contributed by atoms with Gasteiger partial charge in [0.05, 0.1) is 0 Å². The molecule has 0 saturated carbocycles. The zero-order chi connectivity index (χ0) is 8.97. The van der Waals surface area contributed by atoms with Crippen LogP contribution in [0.1, 0.15) is 19.4 Å². The Balaban J connectivity index is 0.00000144. The molecule has 3 heteroatoms. The molecule has 0 aliphatic rings. The molecule has 0 aliphatic heterocycles. The summed E-state index contributed by atoms with van der Waals surface area (Å²) < 4.78 is 13.1. The molecule has 0 heterocycles. The highest BCUT2D eigenvalue weighted by atomic mass is 79.9. The lowest BCUT2D eigenvalue weighted by Crippen LogP contribution is -2.07. The zero-order valence-corrected chi connectivity index (χ0v) is 11.0. The Morgan fingerprint density at radius 3 is 2.15 bits per heavy atom. The van der Waals surface area contributed by atoms with Gasteiger partial charge in [0.25, 0.3) is 0 Å². The van der Waals surface area contributed by atoms with Crippen molar-refractivity contribution in [2.24, 2.45) is 0 Å². The average molecular weight is 255 g/mol. The Kier molecular flexibility index (Phi) is 6.64. The molecular weight excluding hydrogens is 243 g/mol. The molecule has 1 aromatic carbocycles. The van der Waals surface area contributed by atoms with E-state index in [0.29, 0.717) is 0 Å². The Hall–Kier alpha value is 0.136. The minimum atomic E-state index is -1.47. The molecule has 0 unspecified atom stereocenters. The summed E-state index contributed by atoms with van der Waals surface area (Å²) in [5.74, 6) is 0. The molecule has 0 spiro atoms. The number of benzene rings is 1. The van der Waals surface area contributed by atoms with E-state index in [1.54, 1.807) is 0 Å². The van der Waals surface area contributed by atoms with E-state index < -0.39 is 20.9 Å². The highest BCUT2D eigenvalue weighted by Gasteiger charge is 1.96. The van der Waals surface area contributed by atoms with Crippen LogP contribution in [0, 0.1) is 0 Å². The molecule has 0 atom stereocenters. The first-order chi connectivity index (χ1) is 5.72. The van der Waals surface area contributed by atoms with Gasteiger partial charge >= 0.3 is 20.9 Å². The maximum Gasteiger partial charge on any atom is 0.652 e. The summed E-state index contributed by atoms with van der Waals surface area (Å²) in [6, 6.07) is 7.69. The van der Waals surface area contributed by atoms with E-state index in [2.05, 4.69) is 19.9 Å². The standard InChI is InChI=1S/C10H11.BrH.FH.Mg/c1-9(2)8-10-6-4-3-5-7-10;;;/h4-8H,1-2H3;2*1H;/q;;;+1/p-1. The first-order valence-corrected chi connectivity index (χ1v) is 5.26. The number of allylic oxidation sites excluding steroid dienone is 1. The quantitative estimate of drug-likeness (QED) is 0.713. The summed E-state index contributed by atoms with van der Waals surface area (Å²) in [5.41, 5.74) is 2.42. The SMILES string of the molecule is Br.CC(C)=Cc1cc[c]([Mg][F])cc1. The molecule has 1 rings (SSSR count). The fourth-order valence-corrected chi connectivity index (χ4v) is 1.45. The van der Waals surface area contributed by atoms with Crippen molar-refractivity contribution in [3.05, 3.63) is 35.4 Å². The normalized spacial score (nSPS) is 8.23. The van der Waals surface area contributed by atoms with Crippen molar-refractivity contribution in [1.82, 2.24) is 0 Å². The van der Waals surface area contributed by atoms with Gasteiger partial charge in [-0.25, -0.2) is 0 Å². The van der Waals surface area contributed by atoms with Gasteiger partial charge < -0.3 is 2.96 Å². The Morgan fingerprint density at radius 2 is 1.77 bits per heavy atom. The monoisotopic (exact) mass is 254 g/mol. The third kappa shape index (κ3) is 4.79. The second kappa shape index (κ2) is 6.57. The lowest BCUT2D eigenvalue weighted by Gasteiger charge is -1.96. The van der Waals surface area contributed by atoms with E-state index in [1.165, 1.54) is 5.57 Å². The van der Waals surface area contributed by atoms with Crippen molar-refractivity contribution >= 4 is 47.7 Å². The lowest BCUT2D eigenvalue weighted by atomic mass is 10.1. The predicted molar refractivity (Wildman–Crippen MR) is 62.6 cm³/mol. The van der Waals surface area contributed by atoms with Crippen LogP contribution in [0.2, 0.25) is 0 Å². The van der Waals surface area contributed by atoms with Crippen molar-refractivity contribution < 1.29 is 2.96 Å². The lowest BCUT2D eigenvalue weighted by molar-refractivity contribution is 0.885. The van der Waals surface area contributed by atoms with Gasteiger partial charge in [-0.2, -0.15) is 0 Å². The van der Waals surface area contributed by atoms with Gasteiger partial charge in [-0.05, 0) is 19.4 Å². The Morgan fingerprint density at radius 1 is 1.23 bits per heavy atom. The Bertz CT molecular complexity index is 275. The van der Waals surface area contributed by atoms with E-state index in [4.69, 9.17) is 0 Å². The summed E-state index contributed by atoms with van der Waals surface area (Å²) in [7, 11) is 0. The van der Waals surface area contributed by atoms with Gasteiger partial charge in [0.1, 0.15) is 0 Å². The van der Waals surface area contributed by atoms with Crippen LogP contribution in [0.3, 0.4) is 0 Å². The van der Waals surface area contributed by atoms with Crippen LogP contribution in [0.25, 0.3) is 6.08 Å². The third-order valence-corrected chi connectivity index (χ3v) is 2.37. The summed E-state index contributed by atoms with van der Waals surface area (Å²) in [5, 5.41) is 0. The number of hydrogen-bond acceptors (Lipinski definition) is 0. The van der Waals surface area contributed by atoms with Gasteiger partial charge in [-0.3, -0.25) is 0 Å². The second-order valence-electron chi connectivity index (χ2n) is 3.10. The first kappa shape index (κ1) is 13.1. The van der Waals surface area contributed by atoms with Gasteiger partial charge in [-0.1, -0.05) is 35.9 Å². The van der Waals surface area contributed by atoms with E-state index >= 15 is 0 Å². The number of halogens is 2. The third-order valence-electron chi connectivity index (χ3n) is 1.59. The molecular formula is C10H12BrFMg. The topological polar surface area (TPSA) is 0 Å². The molecule has 68 valence electrons. The largest absolute Gasteiger partial charge is 0.652 e. The van der Waals surface area contributed by atoms with Gasteiger partial charge in [0.15, 0.2) is 0 Å². The van der Waals surface area contributed by atoms with Crippen LogP contribution in [-0.4, -0.2) is 20.9 Å².